The Kier molecular flexibility index (Phi) is 6.56. The molecule has 1 heterocycles. The van der Waals surface area contributed by atoms with Crippen molar-refractivity contribution in [2.75, 3.05) is 28.4 Å². The van der Waals surface area contributed by atoms with Crippen LogP contribution in [0.25, 0.3) is 10.6 Å². The SMILES string of the molecule is COc1cc(OC)cc(C(=O)OCc2csc(-c3cccc(OC)c3OC)n2)c1. The maximum atomic E-state index is 12.4. The van der Waals surface area contributed by atoms with Crippen LogP contribution in [0.3, 0.4) is 0 Å². The molecule has 0 aliphatic rings. The first kappa shape index (κ1) is 20.5. The third kappa shape index (κ3) is 4.60. The zero-order chi connectivity index (χ0) is 20.8. The fourth-order valence-electron chi connectivity index (χ4n) is 2.70. The summed E-state index contributed by atoms with van der Waals surface area (Å²) in [4.78, 5) is 17.0. The van der Waals surface area contributed by atoms with Crippen molar-refractivity contribution in [1.82, 2.24) is 4.98 Å². The van der Waals surface area contributed by atoms with E-state index in [9.17, 15) is 4.79 Å². The Bertz CT molecular complexity index is 978. The van der Waals surface area contributed by atoms with Crippen LogP contribution in [0, 0.1) is 0 Å². The first-order valence-electron chi connectivity index (χ1n) is 8.65. The van der Waals surface area contributed by atoms with Gasteiger partial charge in [0, 0.05) is 11.4 Å². The fourth-order valence-corrected chi connectivity index (χ4v) is 3.53. The van der Waals surface area contributed by atoms with Gasteiger partial charge in [-0.2, -0.15) is 0 Å². The van der Waals surface area contributed by atoms with Crippen LogP contribution < -0.4 is 18.9 Å². The van der Waals surface area contributed by atoms with Gasteiger partial charge in [0.1, 0.15) is 23.1 Å². The second-order valence-corrected chi connectivity index (χ2v) is 6.72. The maximum absolute atomic E-state index is 12.4. The number of hydrogen-bond acceptors (Lipinski definition) is 8. The van der Waals surface area contributed by atoms with Gasteiger partial charge in [-0.1, -0.05) is 6.07 Å². The molecule has 0 saturated heterocycles. The summed E-state index contributed by atoms with van der Waals surface area (Å²) in [7, 11) is 6.21. The molecule has 0 amide bonds. The van der Waals surface area contributed by atoms with E-state index in [1.165, 1.54) is 25.6 Å². The number of benzene rings is 2. The highest BCUT2D eigenvalue weighted by Gasteiger charge is 2.16. The fraction of sp³-hybridized carbons (Fsp3) is 0.238. The van der Waals surface area contributed by atoms with Crippen LogP contribution >= 0.6 is 11.3 Å². The van der Waals surface area contributed by atoms with Gasteiger partial charge in [-0.25, -0.2) is 9.78 Å². The lowest BCUT2D eigenvalue weighted by molar-refractivity contribution is 0.0467. The molecule has 8 heteroatoms. The molecule has 0 spiro atoms. The number of para-hydroxylation sites is 1. The first-order chi connectivity index (χ1) is 14.1. The van der Waals surface area contributed by atoms with Crippen molar-refractivity contribution >= 4 is 17.3 Å². The van der Waals surface area contributed by atoms with Gasteiger partial charge in [0.2, 0.25) is 0 Å². The van der Waals surface area contributed by atoms with Crippen LogP contribution in [0.4, 0.5) is 0 Å². The number of hydrogen-bond donors (Lipinski definition) is 0. The normalized spacial score (nSPS) is 10.3. The van der Waals surface area contributed by atoms with E-state index >= 15 is 0 Å². The summed E-state index contributed by atoms with van der Waals surface area (Å²) in [6.45, 7) is 0.0428. The number of esters is 1. The third-order valence-corrected chi connectivity index (χ3v) is 5.05. The van der Waals surface area contributed by atoms with Crippen LogP contribution in [0.1, 0.15) is 16.1 Å². The van der Waals surface area contributed by atoms with E-state index < -0.39 is 5.97 Å². The number of rotatable bonds is 8. The summed E-state index contributed by atoms with van der Waals surface area (Å²) in [6.07, 6.45) is 0. The molecule has 0 N–H and O–H groups in total. The van der Waals surface area contributed by atoms with Gasteiger partial charge in [0.25, 0.3) is 0 Å². The lowest BCUT2D eigenvalue weighted by Gasteiger charge is -2.10. The van der Waals surface area contributed by atoms with Crippen LogP contribution in [-0.4, -0.2) is 39.4 Å². The number of thiazole rings is 1. The molecule has 0 unspecified atom stereocenters. The average molecular weight is 415 g/mol. The van der Waals surface area contributed by atoms with Crippen LogP contribution in [-0.2, 0) is 11.3 Å². The van der Waals surface area contributed by atoms with Gasteiger partial charge in [0.05, 0.1) is 45.3 Å². The Balaban J connectivity index is 1.74. The largest absolute Gasteiger partial charge is 0.497 e. The van der Waals surface area contributed by atoms with Gasteiger partial charge in [-0.15, -0.1) is 11.3 Å². The van der Waals surface area contributed by atoms with Gasteiger partial charge in [0.15, 0.2) is 11.5 Å². The third-order valence-electron chi connectivity index (χ3n) is 4.12. The molecule has 2 aromatic carbocycles. The second kappa shape index (κ2) is 9.29. The van der Waals surface area contributed by atoms with E-state index in [0.29, 0.717) is 34.3 Å². The summed E-state index contributed by atoms with van der Waals surface area (Å²) in [5.41, 5.74) is 1.79. The van der Waals surface area contributed by atoms with Gasteiger partial charge < -0.3 is 23.7 Å². The topological polar surface area (TPSA) is 76.1 Å². The average Bonchev–Trinajstić information content (AvgIpc) is 3.25. The molecule has 7 nitrogen and oxygen atoms in total. The Hall–Kier alpha value is -3.26. The van der Waals surface area contributed by atoms with E-state index in [0.717, 1.165) is 10.6 Å². The lowest BCUT2D eigenvalue weighted by atomic mass is 10.2. The summed E-state index contributed by atoms with van der Waals surface area (Å²) in [5.74, 6) is 1.77. The van der Waals surface area contributed by atoms with Gasteiger partial charge >= 0.3 is 5.97 Å². The molecule has 3 rings (SSSR count). The van der Waals surface area contributed by atoms with Crippen molar-refractivity contribution < 1.29 is 28.5 Å². The molecule has 0 fully saturated rings. The highest BCUT2D eigenvalue weighted by Crippen LogP contribution is 2.39. The van der Waals surface area contributed by atoms with E-state index in [4.69, 9.17) is 23.7 Å². The Morgan fingerprint density at radius 1 is 0.966 bits per heavy atom. The monoisotopic (exact) mass is 415 g/mol. The van der Waals surface area contributed by atoms with Gasteiger partial charge in [-0.3, -0.25) is 0 Å². The quantitative estimate of drug-likeness (QED) is 0.510. The smallest absolute Gasteiger partial charge is 0.338 e. The van der Waals surface area contributed by atoms with Crippen molar-refractivity contribution in [2.24, 2.45) is 0 Å². The zero-order valence-electron chi connectivity index (χ0n) is 16.6. The molecule has 0 atom stereocenters. The minimum Gasteiger partial charge on any atom is -0.497 e. The van der Waals surface area contributed by atoms with Crippen LogP contribution in [0.2, 0.25) is 0 Å². The molecule has 0 aliphatic carbocycles. The highest BCUT2D eigenvalue weighted by atomic mass is 32.1. The van der Waals surface area contributed by atoms with E-state index in [1.807, 2.05) is 23.6 Å². The standard InChI is InChI=1S/C21H21NO6S/c1-24-15-8-13(9-16(10-15)25-2)21(23)28-11-14-12-29-20(22-14)17-6-5-7-18(26-3)19(17)27-4/h5-10,12H,11H2,1-4H3. The summed E-state index contributed by atoms with van der Waals surface area (Å²) >= 11 is 1.43. The number of carbonyl (C=O) groups excluding carboxylic acids is 1. The van der Waals surface area contributed by atoms with Crippen LogP contribution in [0.5, 0.6) is 23.0 Å². The van der Waals surface area contributed by atoms with Crippen LogP contribution in [0.15, 0.2) is 41.8 Å². The predicted molar refractivity (Wildman–Crippen MR) is 109 cm³/mol. The number of methoxy groups -OCH3 is 4. The Morgan fingerprint density at radius 2 is 1.69 bits per heavy atom. The Morgan fingerprint density at radius 3 is 2.31 bits per heavy atom. The molecule has 1 aromatic heterocycles. The molecular weight excluding hydrogens is 394 g/mol. The molecule has 0 bridgehead atoms. The lowest BCUT2D eigenvalue weighted by Crippen LogP contribution is -2.06. The zero-order valence-corrected chi connectivity index (χ0v) is 17.4. The number of aromatic nitrogens is 1. The van der Waals surface area contributed by atoms with Crippen molar-refractivity contribution in [2.45, 2.75) is 6.61 Å². The molecule has 0 radical (unpaired) electrons. The highest BCUT2D eigenvalue weighted by molar-refractivity contribution is 7.13. The summed E-state index contributed by atoms with van der Waals surface area (Å²) < 4.78 is 26.6. The number of ether oxygens (including phenoxy) is 5. The summed E-state index contributed by atoms with van der Waals surface area (Å²) in [5, 5.41) is 2.59. The van der Waals surface area contributed by atoms with Crippen molar-refractivity contribution in [1.29, 1.82) is 0 Å². The number of nitrogens with zero attached hydrogens (tertiary/aromatic N) is 1. The molecule has 3 aromatic rings. The molecular formula is C21H21NO6S. The van der Waals surface area contributed by atoms with Crippen molar-refractivity contribution in [3.8, 4) is 33.6 Å². The van der Waals surface area contributed by atoms with E-state index in [-0.39, 0.29) is 6.61 Å². The minimum atomic E-state index is -0.490. The second-order valence-electron chi connectivity index (χ2n) is 5.86. The molecule has 0 aliphatic heterocycles. The summed E-state index contributed by atoms with van der Waals surface area (Å²) in [6, 6.07) is 10.5. The van der Waals surface area contributed by atoms with E-state index in [1.54, 1.807) is 32.4 Å². The molecule has 29 heavy (non-hydrogen) atoms. The first-order valence-corrected chi connectivity index (χ1v) is 9.53. The maximum Gasteiger partial charge on any atom is 0.338 e. The molecule has 0 saturated carbocycles. The van der Waals surface area contributed by atoms with E-state index in [2.05, 4.69) is 4.98 Å². The number of carbonyl (C=O) groups is 1. The minimum absolute atomic E-state index is 0.0428. The Labute approximate surface area is 172 Å². The molecule has 152 valence electrons. The van der Waals surface area contributed by atoms with Crippen molar-refractivity contribution in [3.05, 3.63) is 53.0 Å². The van der Waals surface area contributed by atoms with Gasteiger partial charge in [-0.05, 0) is 24.3 Å². The van der Waals surface area contributed by atoms with Crippen molar-refractivity contribution in [3.63, 3.8) is 0 Å². The predicted octanol–water partition coefficient (Wildman–Crippen LogP) is 4.20.